The van der Waals surface area contributed by atoms with E-state index in [0.717, 1.165) is 16.9 Å². The number of rotatable bonds is 15. The third-order valence-electron chi connectivity index (χ3n) is 7.65. The highest BCUT2D eigenvalue weighted by Gasteiger charge is 2.41. The van der Waals surface area contributed by atoms with Gasteiger partial charge in [-0.25, -0.2) is 4.79 Å². The van der Waals surface area contributed by atoms with E-state index in [4.69, 9.17) is 23.4 Å². The molecule has 1 heterocycles. The second kappa shape index (κ2) is 14.7. The molecule has 0 amide bonds. The summed E-state index contributed by atoms with van der Waals surface area (Å²) in [5.74, 6) is 0.959. The van der Waals surface area contributed by atoms with E-state index >= 15 is 0 Å². The fourth-order valence-corrected chi connectivity index (χ4v) is 5.09. The van der Waals surface area contributed by atoms with Gasteiger partial charge in [0.25, 0.3) is 8.32 Å². The molecule has 1 aliphatic rings. The molecule has 0 aliphatic carbocycles. The molecule has 0 N–H and O–H groups in total. The van der Waals surface area contributed by atoms with E-state index in [2.05, 4.69) is 40.4 Å². The summed E-state index contributed by atoms with van der Waals surface area (Å²) in [4.78, 5) is 13.9. The summed E-state index contributed by atoms with van der Waals surface area (Å²) >= 11 is 0. The second-order valence-corrected chi connectivity index (χ2v) is 16.5. The van der Waals surface area contributed by atoms with Crippen molar-refractivity contribution in [3.05, 3.63) is 90.0 Å². The van der Waals surface area contributed by atoms with Gasteiger partial charge in [0.05, 0.1) is 26.4 Å². The minimum absolute atomic E-state index is 0.00931. The van der Waals surface area contributed by atoms with Crippen LogP contribution in [0, 0.1) is 0 Å². The van der Waals surface area contributed by atoms with Crippen LogP contribution in [0.3, 0.4) is 0 Å². The second-order valence-electron chi connectivity index (χ2n) is 11.8. The van der Waals surface area contributed by atoms with E-state index in [1.165, 1.54) is 0 Å². The van der Waals surface area contributed by atoms with E-state index < -0.39 is 14.3 Å². The number of methoxy groups -OCH3 is 1. The molecule has 2 aromatic carbocycles. The maximum atomic E-state index is 13.9. The third-order valence-corrected chi connectivity index (χ3v) is 12.0. The molecular weight excluding hydrogens is 532 g/mol. The van der Waals surface area contributed by atoms with Crippen molar-refractivity contribution in [1.82, 2.24) is 0 Å². The van der Waals surface area contributed by atoms with Gasteiger partial charge in [-0.05, 0) is 54.4 Å². The largest absolute Gasteiger partial charge is 0.543 e. The van der Waals surface area contributed by atoms with Crippen molar-refractivity contribution in [3.8, 4) is 11.5 Å². The van der Waals surface area contributed by atoms with Crippen LogP contribution in [0.1, 0.15) is 62.0 Å². The van der Waals surface area contributed by atoms with E-state index in [1.807, 2.05) is 73.7 Å². The number of benzene rings is 2. The molecule has 0 spiro atoms. The molecule has 2 aromatic rings. The standard InChI is InChI=1S/C34H46O6Si/c1-9-11-12-14-26-15-13-16-30(40-41(7,8)34(3,4)5)32(26)33(35)38-28(23-31-29(10-2)39-31)21-22-37-24-25-17-19-27(36-6)20-18-25/h9-20,28-29,31H,2,21-24H2,1,3-8H3/b11-9-,14-12+/t28-,29+,31-/m0/s1. The summed E-state index contributed by atoms with van der Waals surface area (Å²) in [7, 11) is -0.578. The van der Waals surface area contributed by atoms with Gasteiger partial charge in [0.1, 0.15) is 29.3 Å². The minimum atomic E-state index is -2.22. The molecule has 0 aromatic heterocycles. The lowest BCUT2D eigenvalue weighted by molar-refractivity contribution is 0.0124. The number of epoxide rings is 1. The Morgan fingerprint density at radius 3 is 2.46 bits per heavy atom. The predicted octanol–water partition coefficient (Wildman–Crippen LogP) is 8.14. The maximum Gasteiger partial charge on any atom is 0.342 e. The average molecular weight is 579 g/mol. The molecule has 3 rings (SSSR count). The molecular formula is C34H46O6Si. The van der Waals surface area contributed by atoms with Crippen molar-refractivity contribution in [2.24, 2.45) is 0 Å². The highest BCUT2D eigenvalue weighted by atomic mass is 28.4. The molecule has 1 saturated heterocycles. The Labute approximate surface area is 247 Å². The van der Waals surface area contributed by atoms with Gasteiger partial charge in [0.15, 0.2) is 0 Å². The molecule has 3 atom stereocenters. The fourth-order valence-electron chi connectivity index (χ4n) is 4.06. The number of hydrogen-bond acceptors (Lipinski definition) is 6. The summed E-state index contributed by atoms with van der Waals surface area (Å²) < 4.78 is 29.7. The monoisotopic (exact) mass is 578 g/mol. The van der Waals surface area contributed by atoms with Gasteiger partial charge in [-0.15, -0.1) is 6.58 Å². The Bertz CT molecular complexity index is 1210. The van der Waals surface area contributed by atoms with Crippen LogP contribution in [0.25, 0.3) is 6.08 Å². The molecule has 1 fully saturated rings. The molecule has 0 saturated carbocycles. The number of esters is 1. The average Bonchev–Trinajstić information content (AvgIpc) is 3.68. The maximum absolute atomic E-state index is 13.9. The quantitative estimate of drug-likeness (QED) is 0.0531. The van der Waals surface area contributed by atoms with Gasteiger partial charge in [-0.2, -0.15) is 0 Å². The first-order valence-corrected chi connectivity index (χ1v) is 17.2. The number of allylic oxidation sites excluding steroid dienone is 3. The van der Waals surface area contributed by atoms with Crippen molar-refractivity contribution in [1.29, 1.82) is 0 Å². The summed E-state index contributed by atoms with van der Waals surface area (Å²) in [5, 5.41) is -0.0300. The van der Waals surface area contributed by atoms with Gasteiger partial charge < -0.3 is 23.4 Å². The SMILES string of the molecule is C=C[C@H]1O[C@H]1C[C@H](CCOCc1ccc(OC)cc1)OC(=O)c1c(/C=C/C=C\C)cccc1O[Si](C)(C)C(C)(C)C. The zero-order valence-corrected chi connectivity index (χ0v) is 26.6. The molecule has 222 valence electrons. The van der Waals surface area contributed by atoms with Crippen LogP contribution >= 0.6 is 0 Å². The summed E-state index contributed by atoms with van der Waals surface area (Å²) in [6.45, 7) is 17.6. The highest BCUT2D eigenvalue weighted by Crippen LogP contribution is 2.39. The van der Waals surface area contributed by atoms with Gasteiger partial charge >= 0.3 is 5.97 Å². The number of ether oxygens (including phenoxy) is 4. The summed E-state index contributed by atoms with van der Waals surface area (Å²) in [6, 6.07) is 13.5. The topological polar surface area (TPSA) is 66.5 Å². The lowest BCUT2D eigenvalue weighted by Crippen LogP contribution is -2.44. The van der Waals surface area contributed by atoms with Crippen LogP contribution in [0.5, 0.6) is 11.5 Å². The van der Waals surface area contributed by atoms with Gasteiger partial charge in [-0.3, -0.25) is 0 Å². The first-order chi connectivity index (χ1) is 19.5. The van der Waals surface area contributed by atoms with E-state index in [0.29, 0.717) is 37.4 Å². The molecule has 0 bridgehead atoms. The van der Waals surface area contributed by atoms with E-state index in [1.54, 1.807) is 13.2 Å². The summed E-state index contributed by atoms with van der Waals surface area (Å²) in [5.41, 5.74) is 2.25. The van der Waals surface area contributed by atoms with Crippen LogP contribution in [0.4, 0.5) is 0 Å². The lowest BCUT2D eigenvalue weighted by atomic mass is 10.0. The Kier molecular flexibility index (Phi) is 11.6. The van der Waals surface area contributed by atoms with Crippen molar-refractivity contribution >= 4 is 20.4 Å². The van der Waals surface area contributed by atoms with E-state index in [9.17, 15) is 4.79 Å². The van der Waals surface area contributed by atoms with Crippen molar-refractivity contribution in [2.75, 3.05) is 13.7 Å². The normalized spacial score (nSPS) is 17.9. The zero-order valence-electron chi connectivity index (χ0n) is 25.6. The predicted molar refractivity (Wildman–Crippen MR) is 168 cm³/mol. The van der Waals surface area contributed by atoms with Crippen molar-refractivity contribution in [3.63, 3.8) is 0 Å². The van der Waals surface area contributed by atoms with Crippen LogP contribution in [0.15, 0.2) is 73.3 Å². The Hall–Kier alpha value is -3.13. The first kappa shape index (κ1) is 32.4. The molecule has 0 unspecified atom stereocenters. The van der Waals surface area contributed by atoms with Gasteiger partial charge in [-0.1, -0.05) is 75.4 Å². The number of hydrogen-bond donors (Lipinski definition) is 0. The smallest absolute Gasteiger partial charge is 0.342 e. The highest BCUT2D eigenvalue weighted by molar-refractivity contribution is 6.74. The minimum Gasteiger partial charge on any atom is -0.543 e. The lowest BCUT2D eigenvalue weighted by Gasteiger charge is -2.37. The summed E-state index contributed by atoms with van der Waals surface area (Å²) in [6.07, 6.45) is 10.2. The Morgan fingerprint density at radius 1 is 1.12 bits per heavy atom. The van der Waals surface area contributed by atoms with Gasteiger partial charge in [0.2, 0.25) is 0 Å². The molecule has 6 nitrogen and oxygen atoms in total. The van der Waals surface area contributed by atoms with E-state index in [-0.39, 0.29) is 23.4 Å². The van der Waals surface area contributed by atoms with Crippen LogP contribution in [-0.2, 0) is 20.8 Å². The van der Waals surface area contributed by atoms with Crippen LogP contribution in [-0.4, -0.2) is 46.3 Å². The Balaban J connectivity index is 1.79. The van der Waals surface area contributed by atoms with Crippen molar-refractivity contribution in [2.45, 2.75) is 83.6 Å². The molecule has 7 heteroatoms. The molecule has 41 heavy (non-hydrogen) atoms. The van der Waals surface area contributed by atoms with Crippen LogP contribution in [0.2, 0.25) is 18.1 Å². The molecule has 0 radical (unpaired) electrons. The zero-order chi connectivity index (χ0) is 30.0. The number of carbonyl (C=O) groups excluding carboxylic acids is 1. The third kappa shape index (κ3) is 9.45. The first-order valence-electron chi connectivity index (χ1n) is 14.3. The van der Waals surface area contributed by atoms with Crippen LogP contribution < -0.4 is 9.16 Å². The molecule has 1 aliphatic heterocycles. The van der Waals surface area contributed by atoms with Crippen molar-refractivity contribution < 1.29 is 28.2 Å². The Morgan fingerprint density at radius 2 is 1.85 bits per heavy atom. The fraction of sp³-hybridized carbons (Fsp3) is 0.441. The van der Waals surface area contributed by atoms with Gasteiger partial charge in [0, 0.05) is 12.8 Å². The number of carbonyl (C=O) groups is 1.